The van der Waals surface area contributed by atoms with Crippen LogP contribution in [0.4, 0.5) is 0 Å². The van der Waals surface area contributed by atoms with Crippen molar-refractivity contribution >= 4 is 22.1 Å². The summed E-state index contributed by atoms with van der Waals surface area (Å²) in [5.74, 6) is 0.203. The predicted octanol–water partition coefficient (Wildman–Crippen LogP) is 4.09. The van der Waals surface area contributed by atoms with Crippen LogP contribution in [0.25, 0.3) is 22.1 Å². The topological polar surface area (TPSA) is 66.2 Å². The molecule has 112 valence electrons. The first-order valence-corrected chi connectivity index (χ1v) is 7.36. The second kappa shape index (κ2) is 5.64. The molecule has 22 heavy (non-hydrogen) atoms. The van der Waals surface area contributed by atoms with Gasteiger partial charge in [-0.2, -0.15) is 0 Å². The molecule has 0 atom stereocenters. The maximum absolute atomic E-state index is 10.1. The lowest BCUT2D eigenvalue weighted by atomic mass is 10.1. The molecule has 2 aromatic carbocycles. The lowest BCUT2D eigenvalue weighted by Crippen LogP contribution is -1.94. The van der Waals surface area contributed by atoms with Crippen molar-refractivity contribution in [1.82, 2.24) is 9.97 Å². The van der Waals surface area contributed by atoms with Gasteiger partial charge in [-0.15, -0.1) is 0 Å². The number of allylic oxidation sites excluding steroid dienone is 2. The Balaban J connectivity index is 2.25. The maximum atomic E-state index is 10.1. The van der Waals surface area contributed by atoms with E-state index in [1.54, 1.807) is 24.3 Å². The van der Waals surface area contributed by atoms with E-state index in [4.69, 9.17) is 0 Å². The number of phenols is 2. The average Bonchev–Trinajstić information content (AvgIpc) is 2.53. The van der Waals surface area contributed by atoms with Crippen molar-refractivity contribution in [3.63, 3.8) is 0 Å². The highest BCUT2D eigenvalue weighted by Crippen LogP contribution is 2.30. The number of phenolic OH excluding ortho intramolecular Hbond substituents is 2. The second-order valence-corrected chi connectivity index (χ2v) is 5.42. The molecule has 4 nitrogen and oxygen atoms in total. The molecule has 3 rings (SSSR count). The van der Waals surface area contributed by atoms with Crippen LogP contribution in [0, 0.1) is 0 Å². The van der Waals surface area contributed by atoms with Gasteiger partial charge in [0.05, 0.1) is 11.0 Å². The summed E-state index contributed by atoms with van der Waals surface area (Å²) in [6.45, 7) is 4.21. The molecule has 3 aromatic rings. The molecule has 0 saturated carbocycles. The van der Waals surface area contributed by atoms with Gasteiger partial charge in [-0.1, -0.05) is 30.7 Å². The van der Waals surface area contributed by atoms with Crippen molar-refractivity contribution < 1.29 is 10.2 Å². The molecule has 0 saturated heterocycles. The van der Waals surface area contributed by atoms with Gasteiger partial charge in [0, 0.05) is 0 Å². The number of hydrogen-bond donors (Lipinski definition) is 2. The molecule has 1 heterocycles. The van der Waals surface area contributed by atoms with E-state index in [0.29, 0.717) is 22.1 Å². The Bertz CT molecular complexity index is 885. The number of fused-ring (bicyclic) bond motifs is 2. The minimum Gasteiger partial charge on any atom is -0.506 e. The van der Waals surface area contributed by atoms with E-state index in [-0.39, 0.29) is 11.5 Å². The monoisotopic (exact) mass is 294 g/mol. The third-order valence-electron chi connectivity index (χ3n) is 3.89. The molecule has 0 aliphatic carbocycles. The highest BCUT2D eigenvalue weighted by Gasteiger charge is 2.11. The van der Waals surface area contributed by atoms with E-state index in [1.807, 2.05) is 6.07 Å². The van der Waals surface area contributed by atoms with Crippen molar-refractivity contribution in [2.24, 2.45) is 0 Å². The summed E-state index contributed by atoms with van der Waals surface area (Å²) in [5.41, 5.74) is 4.42. The van der Waals surface area contributed by atoms with E-state index >= 15 is 0 Å². The number of benzene rings is 2. The minimum absolute atomic E-state index is 0.0986. The summed E-state index contributed by atoms with van der Waals surface area (Å²) < 4.78 is 0. The summed E-state index contributed by atoms with van der Waals surface area (Å²) in [5, 5.41) is 20.0. The molecule has 1 aromatic heterocycles. The summed E-state index contributed by atoms with van der Waals surface area (Å²) in [7, 11) is 0. The van der Waals surface area contributed by atoms with E-state index in [1.165, 1.54) is 5.57 Å². The third kappa shape index (κ3) is 2.48. The van der Waals surface area contributed by atoms with Crippen molar-refractivity contribution in [2.45, 2.75) is 26.7 Å². The van der Waals surface area contributed by atoms with Gasteiger partial charge in [-0.05, 0) is 43.5 Å². The Labute approximate surface area is 128 Å². The maximum Gasteiger partial charge on any atom is 0.143 e. The van der Waals surface area contributed by atoms with Crippen molar-refractivity contribution in [3.8, 4) is 11.5 Å². The first-order valence-electron chi connectivity index (χ1n) is 7.36. The van der Waals surface area contributed by atoms with Crippen LogP contribution in [0.2, 0.25) is 0 Å². The summed E-state index contributed by atoms with van der Waals surface area (Å²) >= 11 is 0. The molecule has 4 heteroatoms. The Hall–Kier alpha value is -2.62. The van der Waals surface area contributed by atoms with Crippen molar-refractivity contribution in [1.29, 1.82) is 0 Å². The van der Waals surface area contributed by atoms with E-state index in [9.17, 15) is 10.2 Å². The molecule has 0 amide bonds. The van der Waals surface area contributed by atoms with Crippen LogP contribution in [0.5, 0.6) is 11.5 Å². The molecule has 0 aliphatic heterocycles. The molecule has 2 N–H and O–H groups in total. The quantitative estimate of drug-likeness (QED) is 0.564. The van der Waals surface area contributed by atoms with Crippen molar-refractivity contribution in [2.75, 3.05) is 0 Å². The average molecular weight is 294 g/mol. The van der Waals surface area contributed by atoms with Gasteiger partial charge in [0.1, 0.15) is 22.5 Å². The number of nitrogens with zero attached hydrogens (tertiary/aromatic N) is 2. The van der Waals surface area contributed by atoms with Crippen LogP contribution in [0.3, 0.4) is 0 Å². The van der Waals surface area contributed by atoms with E-state index in [2.05, 4.69) is 29.9 Å². The van der Waals surface area contributed by atoms with Gasteiger partial charge in [-0.3, -0.25) is 0 Å². The van der Waals surface area contributed by atoms with Crippen LogP contribution in [-0.4, -0.2) is 20.2 Å². The fourth-order valence-corrected chi connectivity index (χ4v) is 2.40. The van der Waals surface area contributed by atoms with Crippen molar-refractivity contribution in [3.05, 3.63) is 47.5 Å². The predicted molar refractivity (Wildman–Crippen MR) is 88.1 cm³/mol. The number of aromatic nitrogens is 2. The highest BCUT2D eigenvalue weighted by atomic mass is 16.3. The van der Waals surface area contributed by atoms with E-state index in [0.717, 1.165) is 18.4 Å². The van der Waals surface area contributed by atoms with Gasteiger partial charge < -0.3 is 10.2 Å². The van der Waals surface area contributed by atoms with Crippen LogP contribution in [-0.2, 0) is 6.42 Å². The van der Waals surface area contributed by atoms with Crippen LogP contribution in [0.1, 0.15) is 25.8 Å². The third-order valence-corrected chi connectivity index (χ3v) is 3.89. The molecule has 0 unspecified atom stereocenters. The second-order valence-electron chi connectivity index (χ2n) is 5.42. The molecule has 0 bridgehead atoms. The largest absolute Gasteiger partial charge is 0.506 e. The zero-order valence-corrected chi connectivity index (χ0v) is 12.7. The highest BCUT2D eigenvalue weighted by molar-refractivity contribution is 5.93. The Morgan fingerprint density at radius 3 is 2.55 bits per heavy atom. The zero-order valence-electron chi connectivity index (χ0n) is 12.7. The van der Waals surface area contributed by atoms with Gasteiger partial charge >= 0.3 is 0 Å². The van der Waals surface area contributed by atoms with Crippen LogP contribution in [0.15, 0.2) is 42.0 Å². The smallest absolute Gasteiger partial charge is 0.143 e. The van der Waals surface area contributed by atoms with Gasteiger partial charge in [0.25, 0.3) is 0 Å². The number of aromatic hydroxyl groups is 2. The Morgan fingerprint density at radius 1 is 1.00 bits per heavy atom. The lowest BCUT2D eigenvalue weighted by Gasteiger charge is -2.08. The molecule has 0 radical (unpaired) electrons. The Kier molecular flexibility index (Phi) is 3.67. The fraction of sp³-hybridized carbons (Fsp3) is 0.222. The van der Waals surface area contributed by atoms with Gasteiger partial charge in [0.2, 0.25) is 0 Å². The molecule has 0 spiro atoms. The number of rotatable bonds is 3. The first kappa shape index (κ1) is 14.3. The van der Waals surface area contributed by atoms with Crippen LogP contribution >= 0.6 is 0 Å². The summed E-state index contributed by atoms with van der Waals surface area (Å²) in [6, 6.07) is 8.58. The summed E-state index contributed by atoms with van der Waals surface area (Å²) in [6.07, 6.45) is 3.89. The molecular weight excluding hydrogens is 276 g/mol. The fourth-order valence-electron chi connectivity index (χ4n) is 2.40. The normalized spacial score (nSPS) is 12.2. The van der Waals surface area contributed by atoms with Gasteiger partial charge in [0.15, 0.2) is 0 Å². The lowest BCUT2D eigenvalue weighted by molar-refractivity contribution is 0.478. The number of para-hydroxylation sites is 1. The molecular formula is C18H18N2O2. The molecule has 0 aliphatic rings. The zero-order chi connectivity index (χ0) is 15.7. The summed E-state index contributed by atoms with van der Waals surface area (Å²) in [4.78, 5) is 8.99. The minimum atomic E-state index is 0.0986. The number of hydrogen-bond acceptors (Lipinski definition) is 4. The van der Waals surface area contributed by atoms with E-state index < -0.39 is 0 Å². The standard InChI is InChI=1S/C18H18N2O2/c1-3-11(2)7-8-12-9-10-15(22)18-16(12)20-17-13(19-18)5-4-6-14(17)21/h4-7,9-10,21-22H,3,8H2,1-2H3. The Morgan fingerprint density at radius 2 is 1.77 bits per heavy atom. The first-order chi connectivity index (χ1) is 10.6. The SMILES string of the molecule is CCC(C)=CCc1ccc(O)c2nc3cccc(O)c3nc12. The van der Waals surface area contributed by atoms with Gasteiger partial charge in [-0.25, -0.2) is 9.97 Å². The molecule has 0 fully saturated rings. The van der Waals surface area contributed by atoms with Crippen LogP contribution < -0.4 is 0 Å².